The number of ether oxygens (including phenoxy) is 2. The molecule has 1 saturated heterocycles. The van der Waals surface area contributed by atoms with Gasteiger partial charge in [-0.3, -0.25) is 14.7 Å². The summed E-state index contributed by atoms with van der Waals surface area (Å²) in [6, 6.07) is 11.0. The van der Waals surface area contributed by atoms with Crippen molar-refractivity contribution in [3.8, 4) is 11.9 Å². The van der Waals surface area contributed by atoms with Crippen LogP contribution < -0.4 is 0 Å². The van der Waals surface area contributed by atoms with Crippen LogP contribution in [0.4, 0.5) is 0 Å². The van der Waals surface area contributed by atoms with Crippen LogP contribution in [0.3, 0.4) is 0 Å². The van der Waals surface area contributed by atoms with Crippen molar-refractivity contribution in [1.82, 2.24) is 24.6 Å². The fourth-order valence-corrected chi connectivity index (χ4v) is 5.95. The molecular weight excluding hydrogens is 540 g/mol. The molecule has 1 aliphatic carbocycles. The van der Waals surface area contributed by atoms with Gasteiger partial charge in [-0.15, -0.1) is 12.4 Å². The van der Waals surface area contributed by atoms with E-state index >= 15 is 0 Å². The van der Waals surface area contributed by atoms with Gasteiger partial charge in [0.05, 0.1) is 47.8 Å². The summed E-state index contributed by atoms with van der Waals surface area (Å²) in [6.07, 6.45) is 10.9. The maximum absolute atomic E-state index is 13.2. The SMILES string of the molecule is COCCCc1ccc(-n2ncc(C(=O)Cc3ccc(C4(C#N)CCC(N5CCOCC5)CC4)nc3)c2C)nc1.Cl. The predicted molar refractivity (Wildman–Crippen MR) is 158 cm³/mol. The number of nitrogens with zero attached hydrogens (tertiary/aromatic N) is 6. The lowest BCUT2D eigenvalue weighted by molar-refractivity contribution is 0.00493. The Labute approximate surface area is 248 Å². The molecule has 2 aliphatic rings. The van der Waals surface area contributed by atoms with Gasteiger partial charge in [-0.2, -0.15) is 10.4 Å². The summed E-state index contributed by atoms with van der Waals surface area (Å²) in [6.45, 7) is 6.14. The largest absolute Gasteiger partial charge is 0.385 e. The zero-order chi connectivity index (χ0) is 28.0. The van der Waals surface area contributed by atoms with Crippen molar-refractivity contribution < 1.29 is 14.3 Å². The van der Waals surface area contributed by atoms with Crippen molar-refractivity contribution in [2.45, 2.75) is 63.3 Å². The van der Waals surface area contributed by atoms with Crippen LogP contribution in [-0.2, 0) is 27.7 Å². The number of morpholine rings is 1. The highest BCUT2D eigenvalue weighted by atomic mass is 35.5. The number of hydrogen-bond donors (Lipinski definition) is 0. The van der Waals surface area contributed by atoms with Crippen LogP contribution in [0.5, 0.6) is 0 Å². The van der Waals surface area contributed by atoms with Gasteiger partial charge in [0.2, 0.25) is 0 Å². The van der Waals surface area contributed by atoms with Crippen molar-refractivity contribution in [3.05, 3.63) is 70.9 Å². The molecule has 10 heteroatoms. The number of methoxy groups -OCH3 is 1. The first-order valence-electron chi connectivity index (χ1n) is 14.2. The predicted octanol–water partition coefficient (Wildman–Crippen LogP) is 4.43. The summed E-state index contributed by atoms with van der Waals surface area (Å²) in [5.74, 6) is 0.665. The van der Waals surface area contributed by atoms with Gasteiger partial charge in [0.25, 0.3) is 0 Å². The molecule has 4 heterocycles. The molecule has 9 nitrogen and oxygen atoms in total. The molecule has 1 saturated carbocycles. The van der Waals surface area contributed by atoms with E-state index in [4.69, 9.17) is 14.5 Å². The third kappa shape index (κ3) is 7.02. The Hall–Kier alpha value is -3.16. The Bertz CT molecular complexity index is 1320. The molecule has 0 N–H and O–H groups in total. The molecule has 0 unspecified atom stereocenters. The van der Waals surface area contributed by atoms with E-state index in [0.717, 1.165) is 93.9 Å². The van der Waals surface area contributed by atoms with Gasteiger partial charge in [-0.05, 0) is 68.7 Å². The van der Waals surface area contributed by atoms with E-state index in [1.165, 1.54) is 0 Å². The second kappa shape index (κ2) is 14.1. The number of hydrogen-bond acceptors (Lipinski definition) is 8. The number of carbonyl (C=O) groups is 1. The minimum absolute atomic E-state index is 0. The number of nitriles is 1. The highest BCUT2D eigenvalue weighted by Gasteiger charge is 2.40. The Kier molecular flexibility index (Phi) is 10.6. The van der Waals surface area contributed by atoms with Crippen molar-refractivity contribution in [3.63, 3.8) is 0 Å². The van der Waals surface area contributed by atoms with E-state index in [9.17, 15) is 10.1 Å². The molecule has 0 radical (unpaired) electrons. The van der Waals surface area contributed by atoms with Crippen LogP contribution in [0, 0.1) is 18.3 Å². The lowest BCUT2D eigenvalue weighted by atomic mass is 9.71. The Morgan fingerprint density at radius 3 is 2.46 bits per heavy atom. The number of Topliss-reactive ketones (excluding diaryl/α,β-unsaturated/α-hetero) is 1. The average Bonchev–Trinajstić information content (AvgIpc) is 3.39. The molecule has 0 spiro atoms. The molecule has 1 aliphatic heterocycles. The molecule has 3 aromatic heterocycles. The zero-order valence-electron chi connectivity index (χ0n) is 23.9. The van der Waals surface area contributed by atoms with Gasteiger partial charge >= 0.3 is 0 Å². The third-order valence-electron chi connectivity index (χ3n) is 8.41. The summed E-state index contributed by atoms with van der Waals surface area (Å²) < 4.78 is 12.3. The maximum atomic E-state index is 13.2. The molecule has 218 valence electrons. The first-order chi connectivity index (χ1) is 19.5. The molecule has 0 bridgehead atoms. The standard InChI is InChI=1S/C31H38N6O3.ClH/c1-23-27(21-35-37(23)30-8-6-24(19-34-30)4-3-15-39-2)28(38)18-25-5-7-29(33-20-25)31(22-32)11-9-26(10-12-31)36-13-16-40-17-14-36;/h5-8,19-21,26H,3-4,9-18H2,1-2H3;1H. The Morgan fingerprint density at radius 1 is 1.10 bits per heavy atom. The van der Waals surface area contributed by atoms with Gasteiger partial charge in [0.1, 0.15) is 0 Å². The van der Waals surface area contributed by atoms with Gasteiger partial charge in [-0.1, -0.05) is 12.1 Å². The monoisotopic (exact) mass is 578 g/mol. The van der Waals surface area contributed by atoms with Crippen molar-refractivity contribution in [2.24, 2.45) is 0 Å². The zero-order valence-corrected chi connectivity index (χ0v) is 24.7. The average molecular weight is 579 g/mol. The van der Waals surface area contributed by atoms with Crippen LogP contribution in [0.1, 0.15) is 65.0 Å². The van der Waals surface area contributed by atoms with E-state index in [1.54, 1.807) is 24.2 Å². The minimum atomic E-state index is -0.560. The van der Waals surface area contributed by atoms with Crippen molar-refractivity contribution >= 4 is 18.2 Å². The first kappa shape index (κ1) is 30.8. The topological polar surface area (TPSA) is 106 Å². The lowest BCUT2D eigenvalue weighted by Crippen LogP contribution is -2.47. The van der Waals surface area contributed by atoms with Crippen molar-refractivity contribution in [1.29, 1.82) is 5.26 Å². The van der Waals surface area contributed by atoms with Crippen LogP contribution in [0.2, 0.25) is 0 Å². The van der Waals surface area contributed by atoms with E-state index in [-0.39, 0.29) is 24.6 Å². The number of pyridine rings is 2. The molecular formula is C31H39ClN6O3. The number of aryl methyl sites for hydroxylation is 1. The molecule has 0 amide bonds. The highest BCUT2D eigenvalue weighted by molar-refractivity contribution is 5.98. The first-order valence-corrected chi connectivity index (χ1v) is 14.2. The number of carbonyl (C=O) groups excluding carboxylic acids is 1. The maximum Gasteiger partial charge on any atom is 0.170 e. The van der Waals surface area contributed by atoms with Gasteiger partial charge in [-0.25, -0.2) is 9.67 Å². The molecule has 5 rings (SSSR count). The molecule has 41 heavy (non-hydrogen) atoms. The highest BCUT2D eigenvalue weighted by Crippen LogP contribution is 2.39. The number of aromatic nitrogens is 4. The quantitative estimate of drug-likeness (QED) is 0.257. The van der Waals surface area contributed by atoms with Gasteiger partial charge in [0.15, 0.2) is 11.6 Å². The van der Waals surface area contributed by atoms with E-state index < -0.39 is 5.41 Å². The van der Waals surface area contributed by atoms with Crippen molar-refractivity contribution in [2.75, 3.05) is 40.0 Å². The minimum Gasteiger partial charge on any atom is -0.385 e. The smallest absolute Gasteiger partial charge is 0.170 e. The summed E-state index contributed by atoms with van der Waals surface area (Å²) in [5.41, 5.74) is 3.55. The Morgan fingerprint density at radius 2 is 1.83 bits per heavy atom. The molecule has 0 atom stereocenters. The molecule has 3 aromatic rings. The fraction of sp³-hybridized carbons (Fsp3) is 0.516. The summed E-state index contributed by atoms with van der Waals surface area (Å²) >= 11 is 0. The normalized spacial score (nSPS) is 21.1. The number of ketones is 1. The van der Waals surface area contributed by atoms with Crippen LogP contribution >= 0.6 is 12.4 Å². The fourth-order valence-electron chi connectivity index (χ4n) is 5.95. The second-order valence-corrected chi connectivity index (χ2v) is 10.9. The number of rotatable bonds is 10. The number of halogens is 1. The molecule has 0 aromatic carbocycles. The molecule has 2 fully saturated rings. The van der Waals surface area contributed by atoms with Gasteiger partial charge in [0, 0.05) is 51.7 Å². The van der Waals surface area contributed by atoms with Crippen LogP contribution in [0.25, 0.3) is 5.82 Å². The van der Waals surface area contributed by atoms with Gasteiger partial charge < -0.3 is 9.47 Å². The van der Waals surface area contributed by atoms with Crippen LogP contribution in [-0.4, -0.2) is 76.5 Å². The van der Waals surface area contributed by atoms with E-state index in [0.29, 0.717) is 17.4 Å². The van der Waals surface area contributed by atoms with E-state index in [2.05, 4.69) is 21.1 Å². The van der Waals surface area contributed by atoms with E-state index in [1.807, 2.05) is 37.4 Å². The Balaban J connectivity index is 0.00000387. The second-order valence-electron chi connectivity index (χ2n) is 10.9. The lowest BCUT2D eigenvalue weighted by Gasteiger charge is -2.41. The van der Waals surface area contributed by atoms with Crippen LogP contribution in [0.15, 0.2) is 42.9 Å². The summed E-state index contributed by atoms with van der Waals surface area (Å²) in [7, 11) is 1.70. The summed E-state index contributed by atoms with van der Waals surface area (Å²) in [4.78, 5) is 24.9. The summed E-state index contributed by atoms with van der Waals surface area (Å²) in [5, 5.41) is 14.6. The third-order valence-corrected chi connectivity index (χ3v) is 8.41.